The van der Waals surface area contributed by atoms with Crippen molar-refractivity contribution in [1.82, 2.24) is 5.32 Å². The first-order chi connectivity index (χ1) is 10.5. The summed E-state index contributed by atoms with van der Waals surface area (Å²) in [5, 5.41) is 2.93. The van der Waals surface area contributed by atoms with Crippen LogP contribution in [-0.2, 0) is 4.74 Å². The predicted octanol–water partition coefficient (Wildman–Crippen LogP) is 5.29. The van der Waals surface area contributed by atoms with Crippen molar-refractivity contribution in [2.24, 2.45) is 22.2 Å². The van der Waals surface area contributed by atoms with Gasteiger partial charge in [-0.1, -0.05) is 13.8 Å². The molecule has 1 amide bonds. The molecule has 4 bridgehead atoms. The van der Waals surface area contributed by atoms with Gasteiger partial charge in [0.2, 0.25) is 0 Å². The molecule has 4 saturated carbocycles. The Balaban J connectivity index is 1.50. The van der Waals surface area contributed by atoms with Crippen molar-refractivity contribution in [2.45, 2.75) is 91.6 Å². The van der Waals surface area contributed by atoms with Crippen LogP contribution in [0, 0.1) is 22.2 Å². The maximum atomic E-state index is 11.8. The zero-order valence-electron chi connectivity index (χ0n) is 15.8. The van der Waals surface area contributed by atoms with Crippen LogP contribution >= 0.6 is 0 Å². The molecule has 0 aliphatic heterocycles. The average molecular weight is 322 g/mol. The molecule has 0 saturated heterocycles. The fraction of sp³-hybridized carbons (Fsp3) is 0.950. The van der Waals surface area contributed by atoms with E-state index in [4.69, 9.17) is 4.74 Å². The molecule has 3 heteroatoms. The second-order valence-electron chi connectivity index (χ2n) is 10.7. The van der Waals surface area contributed by atoms with Crippen LogP contribution in [0.5, 0.6) is 0 Å². The highest BCUT2D eigenvalue weighted by molar-refractivity contribution is 5.67. The maximum Gasteiger partial charge on any atom is 0.407 e. The van der Waals surface area contributed by atoms with E-state index in [1.54, 1.807) is 0 Å². The van der Waals surface area contributed by atoms with Crippen molar-refractivity contribution in [1.29, 1.82) is 0 Å². The molecule has 0 aromatic carbocycles. The standard InChI is InChI=1S/C20H35NO2/c1-17(2,3)23-16(22)21-8-6-7-20-11-15-9-18(4,13-20)12-19(5,10-15)14-20/h15H,6-14H2,1-5H3,(H,21,22). The molecule has 132 valence electrons. The van der Waals surface area contributed by atoms with E-state index in [9.17, 15) is 4.79 Å². The van der Waals surface area contributed by atoms with Gasteiger partial charge in [0, 0.05) is 6.54 Å². The molecule has 0 aromatic heterocycles. The van der Waals surface area contributed by atoms with Crippen LogP contribution in [-0.4, -0.2) is 18.2 Å². The summed E-state index contributed by atoms with van der Waals surface area (Å²) in [6.45, 7) is 11.5. The molecule has 3 nitrogen and oxygen atoms in total. The smallest absolute Gasteiger partial charge is 0.407 e. The molecule has 4 rings (SSSR count). The zero-order valence-corrected chi connectivity index (χ0v) is 15.8. The summed E-state index contributed by atoms with van der Waals surface area (Å²) >= 11 is 0. The summed E-state index contributed by atoms with van der Waals surface area (Å²) in [5.74, 6) is 0.958. The Morgan fingerprint density at radius 1 is 1.09 bits per heavy atom. The molecule has 2 atom stereocenters. The highest BCUT2D eigenvalue weighted by atomic mass is 16.6. The molecule has 4 aliphatic rings. The van der Waals surface area contributed by atoms with Crippen LogP contribution in [0.25, 0.3) is 0 Å². The van der Waals surface area contributed by atoms with Gasteiger partial charge in [-0.15, -0.1) is 0 Å². The summed E-state index contributed by atoms with van der Waals surface area (Å²) in [7, 11) is 0. The first kappa shape index (κ1) is 17.1. The molecule has 2 unspecified atom stereocenters. The van der Waals surface area contributed by atoms with Gasteiger partial charge >= 0.3 is 6.09 Å². The molecule has 0 radical (unpaired) electrons. The van der Waals surface area contributed by atoms with E-state index in [0.717, 1.165) is 18.9 Å². The molecular weight excluding hydrogens is 286 g/mol. The van der Waals surface area contributed by atoms with Crippen LogP contribution in [0.2, 0.25) is 0 Å². The summed E-state index contributed by atoms with van der Waals surface area (Å²) in [5.41, 5.74) is 1.32. The topological polar surface area (TPSA) is 38.3 Å². The van der Waals surface area contributed by atoms with Crippen molar-refractivity contribution in [3.63, 3.8) is 0 Å². The van der Waals surface area contributed by atoms with E-state index >= 15 is 0 Å². The number of hydrogen-bond donors (Lipinski definition) is 1. The van der Waals surface area contributed by atoms with Crippen LogP contribution < -0.4 is 5.32 Å². The SMILES string of the molecule is CC12CC3CC(C)(C1)CC(CCCNC(=O)OC(C)(C)C)(C3)C2. The van der Waals surface area contributed by atoms with Gasteiger partial charge in [0.1, 0.15) is 5.60 Å². The Kier molecular flexibility index (Phi) is 4.01. The largest absolute Gasteiger partial charge is 0.444 e. The Morgan fingerprint density at radius 3 is 2.22 bits per heavy atom. The maximum absolute atomic E-state index is 11.8. The van der Waals surface area contributed by atoms with Crippen molar-refractivity contribution in [3.8, 4) is 0 Å². The number of ether oxygens (including phenoxy) is 1. The normalized spacial score (nSPS) is 41.9. The van der Waals surface area contributed by atoms with E-state index in [-0.39, 0.29) is 6.09 Å². The highest BCUT2D eigenvalue weighted by Gasteiger charge is 2.59. The van der Waals surface area contributed by atoms with Crippen LogP contribution in [0.3, 0.4) is 0 Å². The van der Waals surface area contributed by atoms with Gasteiger partial charge in [-0.25, -0.2) is 4.79 Å². The van der Waals surface area contributed by atoms with Gasteiger partial charge < -0.3 is 10.1 Å². The summed E-state index contributed by atoms with van der Waals surface area (Å²) in [6.07, 6.45) is 10.7. The van der Waals surface area contributed by atoms with Crippen LogP contribution in [0.4, 0.5) is 4.79 Å². The van der Waals surface area contributed by atoms with Crippen molar-refractivity contribution in [3.05, 3.63) is 0 Å². The number of hydrogen-bond acceptors (Lipinski definition) is 2. The Morgan fingerprint density at radius 2 is 1.70 bits per heavy atom. The summed E-state index contributed by atoms with van der Waals surface area (Å²) in [6, 6.07) is 0. The van der Waals surface area contributed by atoms with Crippen LogP contribution in [0.15, 0.2) is 0 Å². The van der Waals surface area contributed by atoms with E-state index in [2.05, 4.69) is 19.2 Å². The highest BCUT2D eigenvalue weighted by Crippen LogP contribution is 2.70. The lowest BCUT2D eigenvalue weighted by molar-refractivity contribution is -0.147. The number of carbonyl (C=O) groups excluding carboxylic acids is 1. The minimum Gasteiger partial charge on any atom is -0.444 e. The van der Waals surface area contributed by atoms with Gasteiger partial charge in [-0.2, -0.15) is 0 Å². The molecular formula is C20H35NO2. The summed E-state index contributed by atoms with van der Waals surface area (Å²) in [4.78, 5) is 11.8. The number of nitrogens with one attached hydrogen (secondary N) is 1. The van der Waals surface area contributed by atoms with Crippen molar-refractivity contribution < 1.29 is 9.53 Å². The van der Waals surface area contributed by atoms with E-state index in [0.29, 0.717) is 16.2 Å². The van der Waals surface area contributed by atoms with E-state index < -0.39 is 5.60 Å². The molecule has 4 aliphatic carbocycles. The lowest BCUT2D eigenvalue weighted by Crippen LogP contribution is -2.55. The van der Waals surface area contributed by atoms with Crippen molar-refractivity contribution >= 4 is 6.09 Å². The van der Waals surface area contributed by atoms with Gasteiger partial charge in [-0.3, -0.25) is 0 Å². The van der Waals surface area contributed by atoms with Gasteiger partial charge in [-0.05, 0) is 94.3 Å². The minimum absolute atomic E-state index is 0.276. The lowest BCUT2D eigenvalue weighted by atomic mass is 9.40. The molecule has 0 heterocycles. The molecule has 0 spiro atoms. The third-order valence-corrected chi connectivity index (χ3v) is 6.29. The van der Waals surface area contributed by atoms with Crippen molar-refractivity contribution in [2.75, 3.05) is 6.54 Å². The number of carbonyl (C=O) groups is 1. The minimum atomic E-state index is -0.410. The van der Waals surface area contributed by atoms with Gasteiger partial charge in [0.25, 0.3) is 0 Å². The molecule has 1 N–H and O–H groups in total. The number of alkyl carbamates (subject to hydrolysis) is 1. The number of rotatable bonds is 4. The summed E-state index contributed by atoms with van der Waals surface area (Å²) < 4.78 is 5.32. The average Bonchev–Trinajstić information content (AvgIpc) is 2.27. The fourth-order valence-electron chi connectivity index (χ4n) is 6.93. The second kappa shape index (κ2) is 5.39. The van der Waals surface area contributed by atoms with E-state index in [1.807, 2.05) is 20.8 Å². The first-order valence-electron chi connectivity index (χ1n) is 9.48. The Hall–Kier alpha value is -0.730. The Bertz CT molecular complexity index is 461. The second-order valence-corrected chi connectivity index (χ2v) is 10.7. The van der Waals surface area contributed by atoms with Gasteiger partial charge in [0.05, 0.1) is 0 Å². The molecule has 23 heavy (non-hydrogen) atoms. The van der Waals surface area contributed by atoms with Crippen LogP contribution in [0.1, 0.15) is 86.0 Å². The quantitative estimate of drug-likeness (QED) is 0.715. The monoisotopic (exact) mass is 321 g/mol. The predicted molar refractivity (Wildman–Crippen MR) is 93.3 cm³/mol. The third-order valence-electron chi connectivity index (χ3n) is 6.29. The molecule has 0 aromatic rings. The zero-order chi connectivity index (χ0) is 16.9. The van der Waals surface area contributed by atoms with Gasteiger partial charge in [0.15, 0.2) is 0 Å². The third kappa shape index (κ3) is 3.85. The lowest BCUT2D eigenvalue weighted by Gasteiger charge is -2.65. The Labute approximate surface area is 141 Å². The fourth-order valence-corrected chi connectivity index (χ4v) is 6.93. The number of amides is 1. The molecule has 4 fully saturated rings. The first-order valence-corrected chi connectivity index (χ1v) is 9.48. The van der Waals surface area contributed by atoms with E-state index in [1.165, 1.54) is 44.9 Å².